The summed E-state index contributed by atoms with van der Waals surface area (Å²) in [5.74, 6) is -0.349. The number of carbonyl (C=O) groups is 2. The van der Waals surface area contributed by atoms with E-state index in [1.54, 1.807) is 30.3 Å². The molecule has 3 rings (SSSR count). The largest absolute Gasteiger partial charge is 0.352 e. The SMILES string of the molecule is CCNC(=O)c1cccc(NC(=O)c2cccc3ccccc23)c1. The predicted octanol–water partition coefficient (Wildman–Crippen LogP) is 3.84. The van der Waals surface area contributed by atoms with Crippen LogP contribution in [0.3, 0.4) is 0 Å². The van der Waals surface area contributed by atoms with E-state index < -0.39 is 0 Å². The summed E-state index contributed by atoms with van der Waals surface area (Å²) in [6.07, 6.45) is 0. The molecule has 0 fully saturated rings. The zero-order valence-electron chi connectivity index (χ0n) is 13.4. The van der Waals surface area contributed by atoms with E-state index in [0.29, 0.717) is 23.4 Å². The predicted molar refractivity (Wildman–Crippen MR) is 96.4 cm³/mol. The lowest BCUT2D eigenvalue weighted by Crippen LogP contribution is -2.22. The van der Waals surface area contributed by atoms with Gasteiger partial charge in [-0.25, -0.2) is 0 Å². The quantitative estimate of drug-likeness (QED) is 0.768. The maximum Gasteiger partial charge on any atom is 0.256 e. The van der Waals surface area contributed by atoms with Crippen LogP contribution in [0.25, 0.3) is 10.8 Å². The van der Waals surface area contributed by atoms with Crippen LogP contribution in [0.2, 0.25) is 0 Å². The number of anilines is 1. The fourth-order valence-corrected chi connectivity index (χ4v) is 2.62. The highest BCUT2D eigenvalue weighted by molar-refractivity contribution is 6.13. The molecule has 0 bridgehead atoms. The number of hydrogen-bond acceptors (Lipinski definition) is 2. The summed E-state index contributed by atoms with van der Waals surface area (Å²) in [6, 6.07) is 20.3. The molecule has 0 aliphatic carbocycles. The lowest BCUT2D eigenvalue weighted by atomic mass is 10.0. The van der Waals surface area contributed by atoms with E-state index in [0.717, 1.165) is 10.8 Å². The summed E-state index contributed by atoms with van der Waals surface area (Å²) in [6.45, 7) is 2.43. The maximum absolute atomic E-state index is 12.6. The topological polar surface area (TPSA) is 58.2 Å². The highest BCUT2D eigenvalue weighted by Crippen LogP contribution is 2.20. The first-order valence-electron chi connectivity index (χ1n) is 7.86. The zero-order chi connectivity index (χ0) is 16.9. The Morgan fingerprint density at radius 1 is 0.875 bits per heavy atom. The first-order valence-corrected chi connectivity index (χ1v) is 7.86. The van der Waals surface area contributed by atoms with Gasteiger partial charge in [0.1, 0.15) is 0 Å². The third kappa shape index (κ3) is 3.27. The Bertz CT molecular complexity index is 898. The zero-order valence-corrected chi connectivity index (χ0v) is 13.4. The summed E-state index contributed by atoms with van der Waals surface area (Å²) in [4.78, 5) is 24.5. The molecule has 0 aliphatic heterocycles. The molecule has 0 radical (unpaired) electrons. The van der Waals surface area contributed by atoms with Crippen molar-refractivity contribution in [3.63, 3.8) is 0 Å². The average Bonchev–Trinajstić information content (AvgIpc) is 2.61. The van der Waals surface area contributed by atoms with Crippen LogP contribution in [0.4, 0.5) is 5.69 Å². The highest BCUT2D eigenvalue weighted by atomic mass is 16.2. The van der Waals surface area contributed by atoms with Crippen molar-refractivity contribution in [1.29, 1.82) is 0 Å². The van der Waals surface area contributed by atoms with Crippen molar-refractivity contribution in [3.05, 3.63) is 77.9 Å². The Kier molecular flexibility index (Phi) is 4.57. The molecule has 0 aliphatic rings. The minimum absolute atomic E-state index is 0.154. The molecule has 3 aromatic rings. The molecule has 120 valence electrons. The molecule has 4 heteroatoms. The molecular weight excluding hydrogens is 300 g/mol. The van der Waals surface area contributed by atoms with Gasteiger partial charge < -0.3 is 10.6 Å². The Hall–Kier alpha value is -3.14. The van der Waals surface area contributed by atoms with Crippen molar-refractivity contribution < 1.29 is 9.59 Å². The van der Waals surface area contributed by atoms with Crippen molar-refractivity contribution in [3.8, 4) is 0 Å². The van der Waals surface area contributed by atoms with Crippen LogP contribution in [-0.2, 0) is 0 Å². The maximum atomic E-state index is 12.6. The smallest absolute Gasteiger partial charge is 0.256 e. The van der Waals surface area contributed by atoms with E-state index >= 15 is 0 Å². The van der Waals surface area contributed by atoms with Crippen LogP contribution in [0.5, 0.6) is 0 Å². The summed E-state index contributed by atoms with van der Waals surface area (Å²) in [7, 11) is 0. The van der Waals surface area contributed by atoms with Gasteiger partial charge in [-0.1, -0.05) is 42.5 Å². The number of amides is 2. The monoisotopic (exact) mass is 318 g/mol. The van der Waals surface area contributed by atoms with E-state index in [1.807, 2.05) is 43.3 Å². The molecule has 0 spiro atoms. The summed E-state index contributed by atoms with van der Waals surface area (Å²) in [5.41, 5.74) is 1.72. The van der Waals surface area contributed by atoms with Gasteiger partial charge in [-0.05, 0) is 42.0 Å². The summed E-state index contributed by atoms with van der Waals surface area (Å²) in [5, 5.41) is 7.53. The molecule has 0 heterocycles. The number of benzene rings is 3. The minimum Gasteiger partial charge on any atom is -0.352 e. The van der Waals surface area contributed by atoms with Crippen LogP contribution in [0.15, 0.2) is 66.7 Å². The number of hydrogen-bond donors (Lipinski definition) is 2. The molecule has 4 nitrogen and oxygen atoms in total. The second-order valence-corrected chi connectivity index (χ2v) is 5.42. The molecule has 0 atom stereocenters. The molecule has 2 amide bonds. The molecule has 2 N–H and O–H groups in total. The highest BCUT2D eigenvalue weighted by Gasteiger charge is 2.11. The van der Waals surface area contributed by atoms with E-state index in [4.69, 9.17) is 0 Å². The van der Waals surface area contributed by atoms with Crippen LogP contribution in [0.1, 0.15) is 27.6 Å². The van der Waals surface area contributed by atoms with Gasteiger partial charge >= 0.3 is 0 Å². The normalized spacial score (nSPS) is 10.4. The van der Waals surface area contributed by atoms with Gasteiger partial charge in [-0.15, -0.1) is 0 Å². The fraction of sp³-hybridized carbons (Fsp3) is 0.100. The molecule has 0 saturated carbocycles. The van der Waals surface area contributed by atoms with Crippen LogP contribution in [-0.4, -0.2) is 18.4 Å². The number of rotatable bonds is 4. The second kappa shape index (κ2) is 6.96. The van der Waals surface area contributed by atoms with Crippen LogP contribution >= 0.6 is 0 Å². The van der Waals surface area contributed by atoms with E-state index in [-0.39, 0.29) is 11.8 Å². The molecule has 3 aromatic carbocycles. The van der Waals surface area contributed by atoms with Crippen molar-refractivity contribution in [2.75, 3.05) is 11.9 Å². The van der Waals surface area contributed by atoms with Crippen molar-refractivity contribution in [2.45, 2.75) is 6.92 Å². The number of nitrogens with one attached hydrogen (secondary N) is 2. The van der Waals surface area contributed by atoms with Gasteiger partial charge in [0.2, 0.25) is 0 Å². The van der Waals surface area contributed by atoms with Gasteiger partial charge in [0.05, 0.1) is 0 Å². The second-order valence-electron chi connectivity index (χ2n) is 5.42. The molecule has 0 unspecified atom stereocenters. The van der Waals surface area contributed by atoms with Gasteiger partial charge in [0, 0.05) is 23.4 Å². The average molecular weight is 318 g/mol. The van der Waals surface area contributed by atoms with Gasteiger partial charge in [0.15, 0.2) is 0 Å². The summed E-state index contributed by atoms with van der Waals surface area (Å²) < 4.78 is 0. The van der Waals surface area contributed by atoms with Crippen molar-refractivity contribution >= 4 is 28.3 Å². The Morgan fingerprint density at radius 3 is 2.46 bits per heavy atom. The molecule has 24 heavy (non-hydrogen) atoms. The van der Waals surface area contributed by atoms with Gasteiger partial charge in [-0.2, -0.15) is 0 Å². The lowest BCUT2D eigenvalue weighted by molar-refractivity contribution is 0.0954. The standard InChI is InChI=1S/C20H18N2O2/c1-2-21-19(23)15-9-5-10-16(13-15)22-20(24)18-12-6-8-14-7-3-4-11-17(14)18/h3-13H,2H2,1H3,(H,21,23)(H,22,24). The Labute approximate surface area is 140 Å². The Morgan fingerprint density at radius 2 is 1.62 bits per heavy atom. The Balaban J connectivity index is 1.87. The molecular formula is C20H18N2O2. The van der Waals surface area contributed by atoms with E-state index in [2.05, 4.69) is 10.6 Å². The summed E-state index contributed by atoms with van der Waals surface area (Å²) >= 11 is 0. The van der Waals surface area contributed by atoms with Crippen molar-refractivity contribution in [1.82, 2.24) is 5.32 Å². The third-order valence-electron chi connectivity index (χ3n) is 3.75. The van der Waals surface area contributed by atoms with E-state index in [9.17, 15) is 9.59 Å². The van der Waals surface area contributed by atoms with Crippen LogP contribution < -0.4 is 10.6 Å². The van der Waals surface area contributed by atoms with Gasteiger partial charge in [-0.3, -0.25) is 9.59 Å². The molecule has 0 saturated heterocycles. The number of fused-ring (bicyclic) bond motifs is 1. The first kappa shape index (κ1) is 15.7. The third-order valence-corrected chi connectivity index (χ3v) is 3.75. The lowest BCUT2D eigenvalue weighted by Gasteiger charge is -2.09. The minimum atomic E-state index is -0.195. The van der Waals surface area contributed by atoms with Gasteiger partial charge in [0.25, 0.3) is 11.8 Å². The van der Waals surface area contributed by atoms with Crippen LogP contribution in [0, 0.1) is 0 Å². The first-order chi connectivity index (χ1) is 11.7. The fourth-order valence-electron chi connectivity index (χ4n) is 2.62. The van der Waals surface area contributed by atoms with Crippen molar-refractivity contribution in [2.24, 2.45) is 0 Å². The molecule has 0 aromatic heterocycles. The number of carbonyl (C=O) groups excluding carboxylic acids is 2. The van der Waals surface area contributed by atoms with E-state index in [1.165, 1.54) is 0 Å².